The summed E-state index contributed by atoms with van der Waals surface area (Å²) in [6.45, 7) is 1.20. The molecule has 15 heteroatoms. The highest BCUT2D eigenvalue weighted by Gasteiger charge is 2.15. The van der Waals surface area contributed by atoms with Crippen LogP contribution in [0.3, 0.4) is 0 Å². The molecular weight excluding hydrogens is 959 g/mol. The van der Waals surface area contributed by atoms with Gasteiger partial charge < -0.3 is 10.6 Å². The Labute approximate surface area is 349 Å². The molecule has 2 N–H and O–H groups in total. The van der Waals surface area contributed by atoms with Gasteiger partial charge in [-0.3, -0.25) is 9.97 Å². The van der Waals surface area contributed by atoms with E-state index < -0.39 is 0 Å². The first-order chi connectivity index (χ1) is 26.8. The fraction of sp³-hybridized carbons (Fsp3) is 0.0500. The predicted molar refractivity (Wildman–Crippen MR) is 232 cm³/mol. The maximum absolute atomic E-state index is 14.4. The van der Waals surface area contributed by atoms with Crippen molar-refractivity contribution in [2.45, 2.75) is 13.1 Å². The number of nitrogens with one attached hydrogen (secondary N) is 2. The van der Waals surface area contributed by atoms with Crippen molar-refractivity contribution in [3.63, 3.8) is 0 Å². The van der Waals surface area contributed by atoms with Crippen LogP contribution in [0.15, 0.2) is 135 Å². The fourth-order valence-electron chi connectivity index (χ4n) is 5.60. The standard InChI is InChI=1S/C20H14Br2FN5.C20H15Br2N5/c21-18(22)8-14-12-26-28-19(25-11-13-4-3-7-24-10-13)9-17(27-20(14)28)15-5-1-2-6-16(15)23;21-18(22)9-16-13-25-27-19(24-12-14-5-4-8-23-11-14)10-17(26-20(16)27)15-6-2-1-3-7-15/h1-10,12,25H,11H2;1-11,13,24H,12H2. The van der Waals surface area contributed by atoms with Crippen molar-refractivity contribution in [2.24, 2.45) is 0 Å². The van der Waals surface area contributed by atoms with E-state index in [0.717, 1.165) is 51.8 Å². The first kappa shape index (κ1) is 38.2. The molecule has 8 rings (SSSR count). The van der Waals surface area contributed by atoms with Crippen molar-refractivity contribution in [3.05, 3.63) is 163 Å². The number of benzene rings is 2. The first-order valence-corrected chi connectivity index (χ1v) is 19.9. The molecule has 2 aromatic carbocycles. The van der Waals surface area contributed by atoms with Gasteiger partial charge in [-0.15, -0.1) is 0 Å². The average Bonchev–Trinajstić information content (AvgIpc) is 3.80. The normalized spacial score (nSPS) is 10.8. The number of fused-ring (bicyclic) bond motifs is 2. The van der Waals surface area contributed by atoms with E-state index in [0.29, 0.717) is 35.8 Å². The number of rotatable bonds is 10. The van der Waals surface area contributed by atoms with Crippen molar-refractivity contribution in [2.75, 3.05) is 10.6 Å². The average molecular weight is 988 g/mol. The summed E-state index contributed by atoms with van der Waals surface area (Å²) < 4.78 is 19.5. The lowest BCUT2D eigenvalue weighted by molar-refractivity contribution is 0.630. The van der Waals surface area contributed by atoms with Crippen LogP contribution in [-0.2, 0) is 13.1 Å². The molecule has 0 fully saturated rings. The molecule has 0 aliphatic carbocycles. The number of hydrogen-bond donors (Lipinski definition) is 2. The van der Waals surface area contributed by atoms with E-state index >= 15 is 0 Å². The molecule has 0 saturated carbocycles. The van der Waals surface area contributed by atoms with Crippen molar-refractivity contribution in [1.29, 1.82) is 0 Å². The van der Waals surface area contributed by atoms with Crippen LogP contribution in [0.4, 0.5) is 16.0 Å². The lowest BCUT2D eigenvalue weighted by Gasteiger charge is -2.11. The van der Waals surface area contributed by atoms with Crippen LogP contribution < -0.4 is 10.6 Å². The number of halogens is 5. The molecule has 0 radical (unpaired) electrons. The molecule has 0 unspecified atom stereocenters. The van der Waals surface area contributed by atoms with Gasteiger partial charge in [0, 0.05) is 72.3 Å². The van der Waals surface area contributed by atoms with Gasteiger partial charge in [0.05, 0.1) is 30.6 Å². The van der Waals surface area contributed by atoms with Crippen LogP contribution in [0.25, 0.3) is 46.0 Å². The van der Waals surface area contributed by atoms with E-state index in [-0.39, 0.29) is 5.82 Å². The molecule has 0 amide bonds. The topological polar surface area (TPSA) is 110 Å². The van der Waals surface area contributed by atoms with Crippen LogP contribution in [0.2, 0.25) is 0 Å². The monoisotopic (exact) mass is 984 g/mol. The zero-order chi connectivity index (χ0) is 38.1. The van der Waals surface area contributed by atoms with Crippen molar-refractivity contribution < 1.29 is 4.39 Å². The summed E-state index contributed by atoms with van der Waals surface area (Å²) in [6.07, 6.45) is 14.5. The molecule has 274 valence electrons. The third-order valence-corrected chi connectivity index (χ3v) is 9.06. The van der Waals surface area contributed by atoms with E-state index in [1.165, 1.54) is 6.07 Å². The minimum Gasteiger partial charge on any atom is -0.366 e. The molecule has 0 bridgehead atoms. The van der Waals surface area contributed by atoms with Gasteiger partial charge in [0.25, 0.3) is 0 Å². The summed E-state index contributed by atoms with van der Waals surface area (Å²) in [6, 6.07) is 28.4. The minimum absolute atomic E-state index is 0.323. The molecule has 0 atom stereocenters. The van der Waals surface area contributed by atoms with Gasteiger partial charge in [0.15, 0.2) is 11.3 Å². The minimum atomic E-state index is -0.323. The summed E-state index contributed by atoms with van der Waals surface area (Å²) in [4.78, 5) is 17.8. The highest BCUT2D eigenvalue weighted by Crippen LogP contribution is 2.29. The third kappa shape index (κ3) is 9.60. The van der Waals surface area contributed by atoms with Crippen molar-refractivity contribution >= 4 is 98.8 Å². The lowest BCUT2D eigenvalue weighted by atomic mass is 10.1. The molecule has 0 aliphatic rings. The molecule has 0 aliphatic heterocycles. The van der Waals surface area contributed by atoms with Crippen LogP contribution in [0.5, 0.6) is 0 Å². The van der Waals surface area contributed by atoms with Crippen molar-refractivity contribution in [3.8, 4) is 22.5 Å². The highest BCUT2D eigenvalue weighted by molar-refractivity contribution is 9.28. The molecule has 6 heterocycles. The quantitative estimate of drug-likeness (QED) is 0.139. The van der Waals surface area contributed by atoms with Gasteiger partial charge >= 0.3 is 0 Å². The Kier molecular flexibility index (Phi) is 12.5. The fourth-order valence-corrected chi connectivity index (χ4v) is 6.59. The Morgan fingerprint density at radius 2 is 1.11 bits per heavy atom. The molecule has 6 aromatic heterocycles. The largest absolute Gasteiger partial charge is 0.366 e. The second-order valence-corrected chi connectivity index (χ2v) is 17.4. The Bertz CT molecular complexity index is 2610. The number of anilines is 2. The van der Waals surface area contributed by atoms with Crippen LogP contribution >= 0.6 is 63.7 Å². The molecular formula is C40H29Br4FN10. The smallest absolute Gasteiger partial charge is 0.165 e. The van der Waals surface area contributed by atoms with Crippen LogP contribution in [-0.4, -0.2) is 39.2 Å². The van der Waals surface area contributed by atoms with E-state index in [1.54, 1.807) is 59.8 Å². The number of nitrogens with zero attached hydrogens (tertiary/aromatic N) is 8. The Morgan fingerprint density at radius 1 is 0.600 bits per heavy atom. The molecule has 0 spiro atoms. The van der Waals surface area contributed by atoms with Gasteiger partial charge in [-0.1, -0.05) is 54.6 Å². The second kappa shape index (κ2) is 18.0. The zero-order valence-corrected chi connectivity index (χ0v) is 35.0. The van der Waals surface area contributed by atoms with Gasteiger partial charge in [-0.2, -0.15) is 19.2 Å². The van der Waals surface area contributed by atoms with Gasteiger partial charge in [0.2, 0.25) is 0 Å². The number of hydrogen-bond acceptors (Lipinski definition) is 8. The molecule has 55 heavy (non-hydrogen) atoms. The zero-order valence-electron chi connectivity index (χ0n) is 28.7. The van der Waals surface area contributed by atoms with Gasteiger partial charge in [-0.25, -0.2) is 14.4 Å². The Hall–Kier alpha value is -5.09. The van der Waals surface area contributed by atoms with Gasteiger partial charge in [-0.05, 0) is 111 Å². The van der Waals surface area contributed by atoms with Crippen molar-refractivity contribution in [1.82, 2.24) is 39.2 Å². The van der Waals surface area contributed by atoms with Gasteiger partial charge in [0.1, 0.15) is 17.5 Å². The molecule has 10 nitrogen and oxygen atoms in total. The maximum Gasteiger partial charge on any atom is 0.165 e. The highest BCUT2D eigenvalue weighted by atomic mass is 79.9. The number of aromatic nitrogens is 8. The molecule has 0 saturated heterocycles. The third-order valence-electron chi connectivity index (χ3n) is 8.14. The Balaban J connectivity index is 0.000000169. The summed E-state index contributed by atoms with van der Waals surface area (Å²) in [5, 5.41) is 15.8. The van der Waals surface area contributed by atoms with E-state index in [1.807, 2.05) is 71.4 Å². The summed E-state index contributed by atoms with van der Waals surface area (Å²) in [5.41, 5.74) is 8.13. The lowest BCUT2D eigenvalue weighted by Crippen LogP contribution is -2.07. The first-order valence-electron chi connectivity index (χ1n) is 16.7. The molecule has 8 aromatic rings. The summed E-state index contributed by atoms with van der Waals surface area (Å²) in [5.74, 6) is 1.25. The second-order valence-electron chi connectivity index (χ2n) is 11.9. The SMILES string of the molecule is BrC(Br)=Cc1cnn2c(NCc3cccnc3)cc(-c3ccccc3)nc12.Fc1ccccc1-c1cc(NCc2cccnc2)n2ncc(C=C(Br)Br)c2n1. The van der Waals surface area contributed by atoms with E-state index in [2.05, 4.69) is 112 Å². The Morgan fingerprint density at radius 3 is 1.62 bits per heavy atom. The number of pyridine rings is 2. The van der Waals surface area contributed by atoms with Crippen LogP contribution in [0, 0.1) is 5.82 Å². The van der Waals surface area contributed by atoms with E-state index in [4.69, 9.17) is 4.98 Å². The maximum atomic E-state index is 14.4. The summed E-state index contributed by atoms with van der Waals surface area (Å²) in [7, 11) is 0. The van der Waals surface area contributed by atoms with E-state index in [9.17, 15) is 4.39 Å². The predicted octanol–water partition coefficient (Wildman–Crippen LogP) is 11.1. The summed E-state index contributed by atoms with van der Waals surface area (Å²) >= 11 is 13.6. The van der Waals surface area contributed by atoms with Crippen LogP contribution in [0.1, 0.15) is 22.3 Å².